The van der Waals surface area contributed by atoms with E-state index in [0.29, 0.717) is 17.0 Å². The smallest absolute Gasteiger partial charge is 0.394 e. The molecule has 0 saturated carbocycles. The lowest BCUT2D eigenvalue weighted by Crippen LogP contribution is -2.34. The summed E-state index contributed by atoms with van der Waals surface area (Å²) in [4.78, 5) is 30.4. The van der Waals surface area contributed by atoms with E-state index in [9.17, 15) is 14.8 Å². The minimum atomic E-state index is -4.90. The van der Waals surface area contributed by atoms with Crippen LogP contribution in [0.2, 0.25) is 0 Å². The first kappa shape index (κ1) is 17.2. The van der Waals surface area contributed by atoms with Gasteiger partial charge in [0.15, 0.2) is 17.7 Å². The molecule has 13 heteroatoms. The van der Waals surface area contributed by atoms with Crippen molar-refractivity contribution in [2.45, 2.75) is 24.5 Å². The van der Waals surface area contributed by atoms with Crippen LogP contribution in [0.25, 0.3) is 11.2 Å². The molecule has 2 aromatic rings. The second-order valence-electron chi connectivity index (χ2n) is 5.10. The molecule has 2 aromatic heterocycles. The molecule has 1 aliphatic rings. The van der Waals surface area contributed by atoms with Gasteiger partial charge in [-0.1, -0.05) is 0 Å². The Hall–Kier alpha value is -1.66. The number of fused-ring (bicyclic) bond motifs is 1. The SMILES string of the molecule is CNc1ncnc2c1ncn2C1OC(CO)C(O)C1OP(=O)(O)O. The lowest BCUT2D eigenvalue weighted by Gasteiger charge is -2.22. The van der Waals surface area contributed by atoms with E-state index in [1.165, 1.54) is 17.2 Å². The van der Waals surface area contributed by atoms with Crippen LogP contribution < -0.4 is 5.32 Å². The number of rotatable bonds is 5. The number of nitrogens with zero attached hydrogens (tertiary/aromatic N) is 4. The van der Waals surface area contributed by atoms with Gasteiger partial charge in [-0.15, -0.1) is 0 Å². The van der Waals surface area contributed by atoms with Crippen molar-refractivity contribution in [1.29, 1.82) is 0 Å². The number of aliphatic hydroxyl groups is 2. The standard InChI is InChI=1S/C11H16N5O7P/c1-12-9-6-10(14-3-13-9)16(4-15-6)11-8(23-24(19,20)21)7(18)5(2-17)22-11/h3-5,7-8,11,17-18H,2H2,1H3,(H,12,13,14)(H2,19,20,21). The van der Waals surface area contributed by atoms with Gasteiger partial charge in [0.25, 0.3) is 0 Å². The zero-order chi connectivity index (χ0) is 17.5. The summed E-state index contributed by atoms with van der Waals surface area (Å²) >= 11 is 0. The Labute approximate surface area is 135 Å². The predicted octanol–water partition coefficient (Wildman–Crippen LogP) is -1.40. The molecular formula is C11H16N5O7P. The van der Waals surface area contributed by atoms with Crippen LogP contribution in [-0.4, -0.2) is 71.5 Å². The predicted molar refractivity (Wildman–Crippen MR) is 78.8 cm³/mol. The van der Waals surface area contributed by atoms with Crippen molar-refractivity contribution in [3.8, 4) is 0 Å². The Morgan fingerprint density at radius 2 is 2.17 bits per heavy atom. The normalized spacial score (nSPS) is 27.7. The number of hydrogen-bond acceptors (Lipinski definition) is 9. The van der Waals surface area contributed by atoms with E-state index in [4.69, 9.17) is 14.5 Å². The second kappa shape index (κ2) is 6.33. The van der Waals surface area contributed by atoms with Crippen molar-refractivity contribution in [3.63, 3.8) is 0 Å². The Morgan fingerprint density at radius 3 is 2.79 bits per heavy atom. The molecule has 0 aliphatic carbocycles. The number of aliphatic hydroxyl groups excluding tert-OH is 2. The van der Waals surface area contributed by atoms with E-state index in [1.54, 1.807) is 7.05 Å². The molecule has 3 heterocycles. The van der Waals surface area contributed by atoms with Crippen LogP contribution in [0.5, 0.6) is 0 Å². The molecule has 0 amide bonds. The minimum Gasteiger partial charge on any atom is -0.394 e. The molecule has 132 valence electrons. The van der Waals surface area contributed by atoms with E-state index in [2.05, 4.69) is 24.8 Å². The first-order chi connectivity index (χ1) is 11.4. The third-order valence-corrected chi connectivity index (χ3v) is 4.14. The number of imidazole rings is 1. The molecule has 0 radical (unpaired) electrons. The highest BCUT2D eigenvalue weighted by Gasteiger charge is 2.48. The van der Waals surface area contributed by atoms with Gasteiger partial charge in [0, 0.05) is 7.05 Å². The highest BCUT2D eigenvalue weighted by molar-refractivity contribution is 7.46. The molecule has 1 saturated heterocycles. The number of phosphoric ester groups is 1. The van der Waals surface area contributed by atoms with Crippen LogP contribution in [-0.2, 0) is 13.8 Å². The van der Waals surface area contributed by atoms with Crippen molar-refractivity contribution in [1.82, 2.24) is 19.5 Å². The van der Waals surface area contributed by atoms with Gasteiger partial charge in [-0.25, -0.2) is 19.5 Å². The molecule has 0 bridgehead atoms. The topological polar surface area (TPSA) is 172 Å². The third-order valence-electron chi connectivity index (χ3n) is 3.62. The van der Waals surface area contributed by atoms with Crippen molar-refractivity contribution >= 4 is 24.8 Å². The fourth-order valence-electron chi connectivity index (χ4n) is 2.59. The van der Waals surface area contributed by atoms with Crippen LogP contribution in [0, 0.1) is 0 Å². The molecule has 24 heavy (non-hydrogen) atoms. The van der Waals surface area contributed by atoms with E-state index >= 15 is 0 Å². The number of hydrogen-bond donors (Lipinski definition) is 5. The average molecular weight is 361 g/mol. The summed E-state index contributed by atoms with van der Waals surface area (Å²) in [7, 11) is -3.25. The van der Waals surface area contributed by atoms with Gasteiger partial charge < -0.3 is 30.1 Å². The van der Waals surface area contributed by atoms with Crippen molar-refractivity contribution < 1.29 is 33.8 Å². The van der Waals surface area contributed by atoms with Crippen molar-refractivity contribution in [2.24, 2.45) is 0 Å². The van der Waals surface area contributed by atoms with Gasteiger partial charge in [-0.2, -0.15) is 0 Å². The van der Waals surface area contributed by atoms with E-state index < -0.39 is 39.0 Å². The quantitative estimate of drug-likeness (QED) is 0.396. The Bertz CT molecular complexity index is 779. The molecule has 0 spiro atoms. The summed E-state index contributed by atoms with van der Waals surface area (Å²) < 4.78 is 22.7. The van der Waals surface area contributed by atoms with Crippen molar-refractivity contribution in [2.75, 3.05) is 19.0 Å². The van der Waals surface area contributed by atoms with E-state index in [1.807, 2.05) is 0 Å². The van der Waals surface area contributed by atoms with E-state index in [0.717, 1.165) is 0 Å². The molecule has 0 aromatic carbocycles. The number of phosphoric acid groups is 1. The molecule has 1 fully saturated rings. The maximum absolute atomic E-state index is 11.2. The van der Waals surface area contributed by atoms with Crippen LogP contribution >= 0.6 is 7.82 Å². The van der Waals surface area contributed by atoms with Gasteiger partial charge in [0.1, 0.15) is 30.2 Å². The van der Waals surface area contributed by atoms with Crippen LogP contribution in [0.3, 0.4) is 0 Å². The summed E-state index contributed by atoms with van der Waals surface area (Å²) in [5.74, 6) is 0.448. The first-order valence-electron chi connectivity index (χ1n) is 6.89. The second-order valence-corrected chi connectivity index (χ2v) is 6.29. The summed E-state index contributed by atoms with van der Waals surface area (Å²) in [6.45, 7) is -0.554. The van der Waals surface area contributed by atoms with Gasteiger partial charge in [-0.3, -0.25) is 9.09 Å². The number of anilines is 1. The fraction of sp³-hybridized carbons (Fsp3) is 0.545. The zero-order valence-corrected chi connectivity index (χ0v) is 13.3. The van der Waals surface area contributed by atoms with Crippen LogP contribution in [0.4, 0.5) is 5.82 Å². The first-order valence-corrected chi connectivity index (χ1v) is 8.42. The minimum absolute atomic E-state index is 0.310. The summed E-state index contributed by atoms with van der Waals surface area (Å²) in [5, 5.41) is 22.2. The maximum Gasteiger partial charge on any atom is 0.470 e. The number of ether oxygens (including phenoxy) is 1. The van der Waals surface area contributed by atoms with Gasteiger partial charge >= 0.3 is 7.82 Å². The van der Waals surface area contributed by atoms with E-state index in [-0.39, 0.29) is 0 Å². The molecular weight excluding hydrogens is 345 g/mol. The summed E-state index contributed by atoms with van der Waals surface area (Å²) in [6, 6.07) is 0. The highest BCUT2D eigenvalue weighted by Crippen LogP contribution is 2.45. The Morgan fingerprint density at radius 1 is 1.42 bits per heavy atom. The zero-order valence-electron chi connectivity index (χ0n) is 12.4. The van der Waals surface area contributed by atoms with Crippen molar-refractivity contribution in [3.05, 3.63) is 12.7 Å². The Balaban J connectivity index is 2.04. The maximum atomic E-state index is 11.2. The lowest BCUT2D eigenvalue weighted by molar-refractivity contribution is -0.0505. The molecule has 4 atom stereocenters. The summed E-state index contributed by atoms with van der Waals surface area (Å²) in [6.07, 6.45) is -2.49. The van der Waals surface area contributed by atoms with Gasteiger partial charge in [0.2, 0.25) is 0 Å². The average Bonchev–Trinajstić information content (AvgIpc) is 3.08. The largest absolute Gasteiger partial charge is 0.470 e. The monoisotopic (exact) mass is 361 g/mol. The lowest BCUT2D eigenvalue weighted by atomic mass is 10.1. The molecule has 4 unspecified atom stereocenters. The van der Waals surface area contributed by atoms with Gasteiger partial charge in [-0.05, 0) is 0 Å². The Kier molecular flexibility index (Phi) is 4.53. The molecule has 1 aliphatic heterocycles. The third kappa shape index (κ3) is 3.00. The van der Waals surface area contributed by atoms with Gasteiger partial charge in [0.05, 0.1) is 12.9 Å². The molecule has 5 N–H and O–H groups in total. The van der Waals surface area contributed by atoms with Crippen LogP contribution in [0.1, 0.15) is 6.23 Å². The molecule has 3 rings (SSSR count). The fourth-order valence-corrected chi connectivity index (χ4v) is 3.13. The highest BCUT2D eigenvalue weighted by atomic mass is 31.2. The molecule has 12 nitrogen and oxygen atoms in total. The summed E-state index contributed by atoms with van der Waals surface area (Å²) in [5.41, 5.74) is 0.713. The number of nitrogens with one attached hydrogen (secondary N) is 1. The van der Waals surface area contributed by atoms with Crippen LogP contribution in [0.15, 0.2) is 12.7 Å². The number of aromatic nitrogens is 4.